The van der Waals surface area contributed by atoms with Gasteiger partial charge in [0.25, 0.3) is 0 Å². The van der Waals surface area contributed by atoms with Gasteiger partial charge in [-0.2, -0.15) is 0 Å². The van der Waals surface area contributed by atoms with Crippen LogP contribution in [0.1, 0.15) is 56.6 Å². The molecular weight excluding hydrogens is 342 g/mol. The lowest BCUT2D eigenvalue weighted by molar-refractivity contribution is 0.290. The molecule has 2 N–H and O–H groups in total. The number of ether oxygens (including phenoxy) is 2. The Hall–Kier alpha value is -0.740. The van der Waals surface area contributed by atoms with E-state index in [0.717, 1.165) is 42.0 Å². The molecule has 0 unspecified atom stereocenters. The summed E-state index contributed by atoms with van der Waals surface area (Å²) in [6.07, 6.45) is 8.12. The maximum Gasteiger partial charge on any atom is 0.175 e. The zero-order valence-corrected chi connectivity index (χ0v) is 15.0. The highest BCUT2D eigenvalue weighted by atomic mass is 79.9. The molecule has 0 saturated heterocycles. The van der Waals surface area contributed by atoms with Gasteiger partial charge in [0.1, 0.15) is 0 Å². The molecule has 0 amide bonds. The molecule has 3 rings (SSSR count). The summed E-state index contributed by atoms with van der Waals surface area (Å²) in [5, 5.41) is 0. The molecule has 3 nitrogen and oxygen atoms in total. The number of benzene rings is 1. The van der Waals surface area contributed by atoms with Crippen LogP contribution in [0, 0.1) is 0 Å². The van der Waals surface area contributed by atoms with Crippen LogP contribution >= 0.6 is 15.9 Å². The summed E-state index contributed by atoms with van der Waals surface area (Å²) in [6, 6.07) is 2.25. The van der Waals surface area contributed by atoms with Gasteiger partial charge in [-0.3, -0.25) is 0 Å². The van der Waals surface area contributed by atoms with E-state index in [0.29, 0.717) is 6.54 Å². The third-order valence-electron chi connectivity index (χ3n) is 5.20. The van der Waals surface area contributed by atoms with Crippen molar-refractivity contribution in [1.82, 2.24) is 0 Å². The average Bonchev–Trinajstić information content (AvgIpc) is 2.82. The highest BCUT2D eigenvalue weighted by molar-refractivity contribution is 9.10. The largest absolute Gasteiger partial charge is 0.489 e. The molecule has 1 aliphatic carbocycles. The minimum atomic E-state index is 0.108. The third-order valence-corrected chi connectivity index (χ3v) is 5.79. The number of rotatable bonds is 3. The Balaban J connectivity index is 2.14. The van der Waals surface area contributed by atoms with E-state index in [1.54, 1.807) is 0 Å². The van der Waals surface area contributed by atoms with E-state index in [4.69, 9.17) is 15.2 Å². The smallest absolute Gasteiger partial charge is 0.175 e. The molecule has 1 aromatic carbocycles. The van der Waals surface area contributed by atoms with Gasteiger partial charge in [0.2, 0.25) is 0 Å². The lowest BCUT2D eigenvalue weighted by Gasteiger charge is -2.39. The molecule has 1 fully saturated rings. The van der Waals surface area contributed by atoms with Gasteiger partial charge in [-0.25, -0.2) is 0 Å². The first-order valence-corrected chi connectivity index (χ1v) is 9.32. The Morgan fingerprint density at radius 1 is 1.09 bits per heavy atom. The van der Waals surface area contributed by atoms with Crippen molar-refractivity contribution in [3.8, 4) is 11.5 Å². The van der Waals surface area contributed by atoms with E-state index < -0.39 is 0 Å². The summed E-state index contributed by atoms with van der Waals surface area (Å²) < 4.78 is 13.0. The summed E-state index contributed by atoms with van der Waals surface area (Å²) in [7, 11) is 0. The Morgan fingerprint density at radius 3 is 2.41 bits per heavy atom. The Kier molecular flexibility index (Phi) is 4.98. The second-order valence-electron chi connectivity index (χ2n) is 6.49. The third kappa shape index (κ3) is 2.76. The van der Waals surface area contributed by atoms with E-state index in [-0.39, 0.29) is 5.41 Å². The first-order chi connectivity index (χ1) is 10.7. The van der Waals surface area contributed by atoms with E-state index in [2.05, 4.69) is 28.9 Å². The highest BCUT2D eigenvalue weighted by Gasteiger charge is 2.36. The molecule has 2 aliphatic rings. The summed E-state index contributed by atoms with van der Waals surface area (Å²) >= 11 is 3.71. The maximum absolute atomic E-state index is 6.26. The standard InChI is InChI=1S/C18H26BrNO2/c1-2-13-14(18(12-20)7-4-3-5-8-18)11-15(19)17-16(13)21-9-6-10-22-17/h11H,2-10,12,20H2,1H3. The lowest BCUT2D eigenvalue weighted by Crippen LogP contribution is -2.38. The molecule has 22 heavy (non-hydrogen) atoms. The molecule has 1 heterocycles. The number of hydrogen-bond donors (Lipinski definition) is 1. The maximum atomic E-state index is 6.26. The fourth-order valence-electron chi connectivity index (χ4n) is 3.98. The van der Waals surface area contributed by atoms with Crippen molar-refractivity contribution in [1.29, 1.82) is 0 Å². The second-order valence-corrected chi connectivity index (χ2v) is 7.35. The summed E-state index contributed by atoms with van der Waals surface area (Å²) in [5.41, 5.74) is 9.05. The molecule has 1 aliphatic heterocycles. The van der Waals surface area contributed by atoms with Gasteiger partial charge >= 0.3 is 0 Å². The molecule has 1 saturated carbocycles. The molecule has 0 aromatic heterocycles. The first-order valence-electron chi connectivity index (χ1n) is 8.53. The Labute approximate surface area is 141 Å². The first kappa shape index (κ1) is 16.1. The van der Waals surface area contributed by atoms with Gasteiger partial charge in [-0.15, -0.1) is 0 Å². The van der Waals surface area contributed by atoms with E-state index in [1.807, 2.05) is 0 Å². The summed E-state index contributed by atoms with van der Waals surface area (Å²) in [4.78, 5) is 0. The minimum Gasteiger partial charge on any atom is -0.489 e. The van der Waals surface area contributed by atoms with Crippen molar-refractivity contribution in [2.45, 2.75) is 57.3 Å². The van der Waals surface area contributed by atoms with Gasteiger partial charge in [0.15, 0.2) is 11.5 Å². The SMILES string of the molecule is CCc1c(C2(CN)CCCCC2)cc(Br)c2c1OCCCO2. The van der Waals surface area contributed by atoms with E-state index >= 15 is 0 Å². The van der Waals surface area contributed by atoms with Crippen LogP contribution in [-0.4, -0.2) is 19.8 Å². The van der Waals surface area contributed by atoms with Gasteiger partial charge in [-0.05, 0) is 46.8 Å². The van der Waals surface area contributed by atoms with E-state index in [9.17, 15) is 0 Å². The van der Waals surface area contributed by atoms with Crippen LogP contribution in [0.25, 0.3) is 0 Å². The average molecular weight is 368 g/mol. The van der Waals surface area contributed by atoms with Crippen LogP contribution in [0.15, 0.2) is 10.5 Å². The van der Waals surface area contributed by atoms with Crippen molar-refractivity contribution in [3.05, 3.63) is 21.7 Å². The molecule has 1 aromatic rings. The fourth-order valence-corrected chi connectivity index (χ4v) is 4.50. The molecule has 0 radical (unpaired) electrons. The number of halogens is 1. The minimum absolute atomic E-state index is 0.108. The second kappa shape index (κ2) is 6.79. The van der Waals surface area contributed by atoms with Gasteiger partial charge in [0, 0.05) is 23.9 Å². The number of hydrogen-bond acceptors (Lipinski definition) is 3. The van der Waals surface area contributed by atoms with Gasteiger partial charge in [0.05, 0.1) is 17.7 Å². The zero-order chi connectivity index (χ0) is 15.6. The number of nitrogens with two attached hydrogens (primary N) is 1. The molecule has 0 spiro atoms. The predicted molar refractivity (Wildman–Crippen MR) is 92.9 cm³/mol. The van der Waals surface area contributed by atoms with Crippen molar-refractivity contribution in [2.24, 2.45) is 5.73 Å². The van der Waals surface area contributed by atoms with Crippen LogP contribution in [0.3, 0.4) is 0 Å². The number of fused-ring (bicyclic) bond motifs is 1. The fraction of sp³-hybridized carbons (Fsp3) is 0.667. The predicted octanol–water partition coefficient (Wildman–Crippen LogP) is 4.33. The monoisotopic (exact) mass is 367 g/mol. The van der Waals surface area contributed by atoms with Crippen LogP contribution in [0.5, 0.6) is 11.5 Å². The van der Waals surface area contributed by atoms with Crippen molar-refractivity contribution >= 4 is 15.9 Å². The lowest BCUT2D eigenvalue weighted by atomic mass is 9.68. The van der Waals surface area contributed by atoms with Gasteiger partial charge in [-0.1, -0.05) is 26.2 Å². The zero-order valence-electron chi connectivity index (χ0n) is 13.4. The van der Waals surface area contributed by atoms with Gasteiger partial charge < -0.3 is 15.2 Å². The normalized spacial score (nSPS) is 20.5. The quantitative estimate of drug-likeness (QED) is 0.864. The van der Waals surface area contributed by atoms with E-state index in [1.165, 1.54) is 43.2 Å². The van der Waals surface area contributed by atoms with Crippen molar-refractivity contribution in [3.63, 3.8) is 0 Å². The molecule has 4 heteroatoms. The van der Waals surface area contributed by atoms with Crippen LogP contribution in [0.4, 0.5) is 0 Å². The molecular formula is C18H26BrNO2. The van der Waals surface area contributed by atoms with Crippen molar-refractivity contribution < 1.29 is 9.47 Å². The Morgan fingerprint density at radius 2 is 1.77 bits per heavy atom. The Bertz CT molecular complexity index is 538. The highest BCUT2D eigenvalue weighted by Crippen LogP contribution is 2.48. The molecule has 0 bridgehead atoms. The van der Waals surface area contributed by atoms with Crippen LogP contribution in [-0.2, 0) is 11.8 Å². The van der Waals surface area contributed by atoms with Crippen LogP contribution < -0.4 is 15.2 Å². The molecule has 0 atom stereocenters. The van der Waals surface area contributed by atoms with Crippen LogP contribution in [0.2, 0.25) is 0 Å². The van der Waals surface area contributed by atoms with Crippen molar-refractivity contribution in [2.75, 3.05) is 19.8 Å². The summed E-state index contributed by atoms with van der Waals surface area (Å²) in [6.45, 7) is 4.36. The topological polar surface area (TPSA) is 44.5 Å². The molecule has 122 valence electrons. The summed E-state index contributed by atoms with van der Waals surface area (Å²) in [5.74, 6) is 1.82.